The first-order valence-electron chi connectivity index (χ1n) is 4.22. The summed E-state index contributed by atoms with van der Waals surface area (Å²) in [4.78, 5) is 17.9. The predicted molar refractivity (Wildman–Crippen MR) is 60.4 cm³/mol. The Balaban J connectivity index is 2.02. The van der Waals surface area contributed by atoms with Gasteiger partial charge in [0.2, 0.25) is 0 Å². The standard InChI is InChI=1S/C9H8N4OS/c14-9-10-4-3-8(12-9)13-11-6-7-2-1-5-15-7/h1-6H,(H2,10,12,13,14)/b11-6+. The predicted octanol–water partition coefficient (Wildman–Crippen LogP) is 1.28. The fourth-order valence-electron chi connectivity index (χ4n) is 0.964. The summed E-state index contributed by atoms with van der Waals surface area (Å²) in [6, 6.07) is 5.53. The Hall–Kier alpha value is -1.95. The van der Waals surface area contributed by atoms with Gasteiger partial charge in [-0.2, -0.15) is 5.10 Å². The van der Waals surface area contributed by atoms with Crippen LogP contribution >= 0.6 is 11.3 Å². The smallest absolute Gasteiger partial charge is 0.291 e. The molecule has 0 aromatic carbocycles. The maximum atomic E-state index is 10.8. The van der Waals surface area contributed by atoms with Crippen LogP contribution in [0.4, 0.5) is 5.82 Å². The largest absolute Gasteiger partial charge is 0.346 e. The molecular formula is C9H8N4OS. The van der Waals surface area contributed by atoms with Gasteiger partial charge >= 0.3 is 5.69 Å². The summed E-state index contributed by atoms with van der Waals surface area (Å²) >= 11 is 1.59. The van der Waals surface area contributed by atoms with Crippen LogP contribution in [0.5, 0.6) is 0 Å². The van der Waals surface area contributed by atoms with Crippen molar-refractivity contribution >= 4 is 23.4 Å². The third-order valence-electron chi connectivity index (χ3n) is 1.59. The fourth-order valence-corrected chi connectivity index (χ4v) is 1.55. The van der Waals surface area contributed by atoms with Crippen LogP contribution in [0.3, 0.4) is 0 Å². The summed E-state index contributed by atoms with van der Waals surface area (Å²) in [6.07, 6.45) is 3.10. The van der Waals surface area contributed by atoms with Gasteiger partial charge in [0.15, 0.2) is 0 Å². The van der Waals surface area contributed by atoms with Crippen molar-refractivity contribution in [2.45, 2.75) is 0 Å². The molecule has 0 spiro atoms. The average molecular weight is 220 g/mol. The highest BCUT2D eigenvalue weighted by molar-refractivity contribution is 7.11. The molecule has 0 saturated carbocycles. The Morgan fingerprint density at radius 2 is 2.47 bits per heavy atom. The minimum atomic E-state index is -0.397. The number of thiophene rings is 1. The molecule has 0 unspecified atom stereocenters. The molecule has 0 amide bonds. The zero-order chi connectivity index (χ0) is 10.5. The summed E-state index contributed by atoms with van der Waals surface area (Å²) in [7, 11) is 0. The van der Waals surface area contributed by atoms with E-state index >= 15 is 0 Å². The van der Waals surface area contributed by atoms with Crippen LogP contribution in [0.2, 0.25) is 0 Å². The van der Waals surface area contributed by atoms with Crippen LogP contribution in [0.25, 0.3) is 0 Å². The third-order valence-corrected chi connectivity index (χ3v) is 2.40. The summed E-state index contributed by atoms with van der Waals surface area (Å²) in [5, 5.41) is 5.93. The summed E-state index contributed by atoms with van der Waals surface area (Å²) in [6.45, 7) is 0. The van der Waals surface area contributed by atoms with Gasteiger partial charge in [-0.25, -0.2) is 9.78 Å². The van der Waals surface area contributed by atoms with Crippen LogP contribution in [-0.2, 0) is 0 Å². The van der Waals surface area contributed by atoms with E-state index in [0.717, 1.165) is 4.88 Å². The molecule has 2 N–H and O–H groups in total. The van der Waals surface area contributed by atoms with Crippen LogP contribution in [0, 0.1) is 0 Å². The lowest BCUT2D eigenvalue weighted by atomic mass is 10.5. The number of anilines is 1. The minimum absolute atomic E-state index is 0.397. The van der Waals surface area contributed by atoms with E-state index in [1.165, 1.54) is 6.20 Å². The lowest BCUT2D eigenvalue weighted by Crippen LogP contribution is -2.10. The lowest BCUT2D eigenvalue weighted by molar-refractivity contribution is 1.06. The molecule has 0 bridgehead atoms. The van der Waals surface area contributed by atoms with E-state index in [2.05, 4.69) is 20.5 Å². The number of aromatic nitrogens is 2. The zero-order valence-corrected chi connectivity index (χ0v) is 8.49. The van der Waals surface area contributed by atoms with Crippen molar-refractivity contribution in [3.63, 3.8) is 0 Å². The molecule has 2 aromatic heterocycles. The molecule has 6 heteroatoms. The van der Waals surface area contributed by atoms with Crippen LogP contribution in [-0.4, -0.2) is 16.2 Å². The first kappa shape index (κ1) is 9.60. The second-order valence-corrected chi connectivity index (χ2v) is 3.65. The van der Waals surface area contributed by atoms with Gasteiger partial charge in [0, 0.05) is 11.1 Å². The molecule has 0 aliphatic heterocycles. The van der Waals surface area contributed by atoms with Crippen molar-refractivity contribution in [3.8, 4) is 0 Å². The van der Waals surface area contributed by atoms with Gasteiger partial charge < -0.3 is 0 Å². The van der Waals surface area contributed by atoms with Gasteiger partial charge in [0.25, 0.3) is 0 Å². The monoisotopic (exact) mass is 220 g/mol. The summed E-state index contributed by atoms with van der Waals surface area (Å²) in [5.74, 6) is 0.516. The number of H-pyrrole nitrogens is 1. The van der Waals surface area contributed by atoms with Gasteiger partial charge in [-0.1, -0.05) is 6.07 Å². The molecule has 0 radical (unpaired) electrons. The van der Waals surface area contributed by atoms with Gasteiger partial charge in [0.1, 0.15) is 5.82 Å². The molecule has 5 nitrogen and oxygen atoms in total. The van der Waals surface area contributed by atoms with Crippen molar-refractivity contribution in [1.82, 2.24) is 9.97 Å². The Labute approximate surface area is 89.5 Å². The van der Waals surface area contributed by atoms with E-state index in [4.69, 9.17) is 0 Å². The molecule has 0 aliphatic carbocycles. The molecule has 2 rings (SSSR count). The third kappa shape index (κ3) is 2.75. The van der Waals surface area contributed by atoms with Gasteiger partial charge in [-0.15, -0.1) is 11.3 Å². The molecular weight excluding hydrogens is 212 g/mol. The number of aromatic amines is 1. The molecule has 15 heavy (non-hydrogen) atoms. The van der Waals surface area contributed by atoms with Crippen molar-refractivity contribution in [3.05, 3.63) is 45.1 Å². The Kier molecular flexibility index (Phi) is 2.89. The van der Waals surface area contributed by atoms with Crippen molar-refractivity contribution in [2.75, 3.05) is 5.43 Å². The topological polar surface area (TPSA) is 70.1 Å². The Bertz CT molecular complexity index is 503. The second-order valence-electron chi connectivity index (χ2n) is 2.67. The van der Waals surface area contributed by atoms with E-state index in [0.29, 0.717) is 5.82 Å². The lowest BCUT2D eigenvalue weighted by Gasteiger charge is -1.96. The molecule has 0 saturated heterocycles. The van der Waals surface area contributed by atoms with Crippen molar-refractivity contribution in [2.24, 2.45) is 5.10 Å². The highest BCUT2D eigenvalue weighted by Gasteiger charge is 1.90. The quantitative estimate of drug-likeness (QED) is 0.604. The number of nitrogens with one attached hydrogen (secondary N) is 2. The van der Waals surface area contributed by atoms with Crippen LogP contribution in [0.15, 0.2) is 39.7 Å². The van der Waals surface area contributed by atoms with E-state index in [9.17, 15) is 4.79 Å². The summed E-state index contributed by atoms with van der Waals surface area (Å²) in [5.41, 5.74) is 2.31. The average Bonchev–Trinajstić information content (AvgIpc) is 2.71. The van der Waals surface area contributed by atoms with Crippen LogP contribution in [0.1, 0.15) is 4.88 Å². The van der Waals surface area contributed by atoms with Crippen molar-refractivity contribution < 1.29 is 0 Å². The van der Waals surface area contributed by atoms with Gasteiger partial charge in [-0.05, 0) is 17.5 Å². The maximum Gasteiger partial charge on any atom is 0.346 e. The van der Waals surface area contributed by atoms with Gasteiger partial charge in [0.05, 0.1) is 6.21 Å². The normalized spacial score (nSPS) is 10.7. The van der Waals surface area contributed by atoms with Gasteiger partial charge in [-0.3, -0.25) is 10.4 Å². The Morgan fingerprint density at radius 1 is 1.53 bits per heavy atom. The van der Waals surface area contributed by atoms with E-state index in [1.807, 2.05) is 17.5 Å². The number of hydrogen-bond acceptors (Lipinski definition) is 5. The molecule has 0 atom stereocenters. The van der Waals surface area contributed by atoms with E-state index in [1.54, 1.807) is 23.6 Å². The van der Waals surface area contributed by atoms with E-state index in [-0.39, 0.29) is 0 Å². The first-order chi connectivity index (χ1) is 7.34. The number of hydrazone groups is 1. The minimum Gasteiger partial charge on any atom is -0.291 e. The van der Waals surface area contributed by atoms with Crippen molar-refractivity contribution in [1.29, 1.82) is 0 Å². The second kappa shape index (κ2) is 4.52. The highest BCUT2D eigenvalue weighted by atomic mass is 32.1. The SMILES string of the molecule is O=c1nccc(N/N=C/c2cccs2)[nH]1. The number of hydrogen-bond donors (Lipinski definition) is 2. The summed E-state index contributed by atoms with van der Waals surface area (Å²) < 4.78 is 0. The molecule has 0 aliphatic rings. The zero-order valence-electron chi connectivity index (χ0n) is 7.68. The highest BCUT2D eigenvalue weighted by Crippen LogP contribution is 2.04. The number of rotatable bonds is 3. The molecule has 2 aromatic rings. The molecule has 0 fully saturated rings. The Morgan fingerprint density at radius 3 is 3.20 bits per heavy atom. The van der Waals surface area contributed by atoms with Crippen LogP contribution < -0.4 is 11.1 Å². The first-order valence-corrected chi connectivity index (χ1v) is 5.10. The molecule has 76 valence electrons. The van der Waals surface area contributed by atoms with E-state index < -0.39 is 5.69 Å². The fraction of sp³-hybridized carbons (Fsp3) is 0. The maximum absolute atomic E-state index is 10.8. The molecule has 2 heterocycles. The number of nitrogens with zero attached hydrogens (tertiary/aromatic N) is 2.